The van der Waals surface area contributed by atoms with Crippen LogP contribution in [0.5, 0.6) is 0 Å². The van der Waals surface area contributed by atoms with Gasteiger partial charge >= 0.3 is 6.18 Å². The molecule has 1 N–H and O–H groups in total. The van der Waals surface area contributed by atoms with Crippen molar-refractivity contribution in [2.24, 2.45) is 5.92 Å². The van der Waals surface area contributed by atoms with Crippen molar-refractivity contribution in [2.75, 3.05) is 0 Å². The highest BCUT2D eigenvalue weighted by atomic mass is 32.1. The average Bonchev–Trinajstić information content (AvgIpc) is 2.87. The highest BCUT2D eigenvalue weighted by molar-refractivity contribution is 7.07. The minimum Gasteiger partial charge on any atom is -0.307 e. The number of hydrogen-bond donors (Lipinski definition) is 1. The summed E-state index contributed by atoms with van der Waals surface area (Å²) in [7, 11) is 0. The molecule has 1 aromatic heterocycles. The van der Waals surface area contributed by atoms with Gasteiger partial charge in [-0.15, -0.1) is 0 Å². The predicted molar refractivity (Wildman–Crippen MR) is 73.7 cm³/mol. The van der Waals surface area contributed by atoms with E-state index in [0.29, 0.717) is 0 Å². The van der Waals surface area contributed by atoms with E-state index in [4.69, 9.17) is 0 Å². The van der Waals surface area contributed by atoms with Crippen molar-refractivity contribution in [1.29, 1.82) is 0 Å². The van der Waals surface area contributed by atoms with E-state index in [9.17, 15) is 18.0 Å². The van der Waals surface area contributed by atoms with Crippen LogP contribution in [-0.4, -0.2) is 28.6 Å². The summed E-state index contributed by atoms with van der Waals surface area (Å²) in [6, 6.07) is 1.22. The van der Waals surface area contributed by atoms with Crippen LogP contribution < -0.4 is 5.32 Å². The van der Waals surface area contributed by atoms with Gasteiger partial charge in [0.2, 0.25) is 5.91 Å². The largest absolute Gasteiger partial charge is 0.411 e. The third-order valence-corrected chi connectivity index (χ3v) is 5.04. The smallest absolute Gasteiger partial charge is 0.307 e. The summed E-state index contributed by atoms with van der Waals surface area (Å²) < 4.78 is 40.3. The number of rotatable bonds is 3. The van der Waals surface area contributed by atoms with E-state index in [2.05, 4.69) is 5.32 Å². The molecule has 3 rings (SSSR count). The summed E-state index contributed by atoms with van der Waals surface area (Å²) in [6.45, 7) is 3.69. The Morgan fingerprint density at radius 2 is 2.10 bits per heavy atom. The van der Waals surface area contributed by atoms with E-state index >= 15 is 0 Å². The van der Waals surface area contributed by atoms with Gasteiger partial charge in [-0.1, -0.05) is 13.8 Å². The van der Waals surface area contributed by atoms with Crippen LogP contribution in [0.4, 0.5) is 13.2 Å². The second-order valence-electron chi connectivity index (χ2n) is 6.09. The fourth-order valence-corrected chi connectivity index (χ4v) is 3.66. The summed E-state index contributed by atoms with van der Waals surface area (Å²) in [6.07, 6.45) is -5.07. The zero-order valence-electron chi connectivity index (χ0n) is 11.8. The molecule has 0 spiro atoms. The van der Waals surface area contributed by atoms with Gasteiger partial charge in [0.05, 0.1) is 6.04 Å². The lowest BCUT2D eigenvalue weighted by molar-refractivity contribution is -0.202. The number of alkyl halides is 3. The molecule has 116 valence electrons. The van der Waals surface area contributed by atoms with Crippen molar-refractivity contribution in [3.8, 4) is 0 Å². The Morgan fingerprint density at radius 1 is 1.43 bits per heavy atom. The first-order valence-electron chi connectivity index (χ1n) is 6.96. The Morgan fingerprint density at radius 3 is 2.52 bits per heavy atom. The quantitative estimate of drug-likeness (QED) is 0.927. The van der Waals surface area contributed by atoms with Gasteiger partial charge in [0.25, 0.3) is 0 Å². The Bertz CT molecular complexity index is 537. The van der Waals surface area contributed by atoms with Gasteiger partial charge in [0.1, 0.15) is 11.7 Å². The molecule has 1 saturated carbocycles. The molecule has 1 aliphatic carbocycles. The summed E-state index contributed by atoms with van der Waals surface area (Å²) in [5.74, 6) is -0.483. The minimum absolute atomic E-state index is 0.00459. The number of carbonyl (C=O) groups is 1. The van der Waals surface area contributed by atoms with Gasteiger partial charge in [-0.3, -0.25) is 10.1 Å². The Balaban J connectivity index is 2.00. The number of hydrogen-bond acceptors (Lipinski definition) is 3. The van der Waals surface area contributed by atoms with E-state index in [-0.39, 0.29) is 18.8 Å². The molecule has 0 aromatic carbocycles. The Labute approximate surface area is 125 Å². The van der Waals surface area contributed by atoms with Gasteiger partial charge in [-0.2, -0.15) is 24.5 Å². The fourth-order valence-electron chi connectivity index (χ4n) is 2.98. The number of halogens is 3. The van der Waals surface area contributed by atoms with Crippen LogP contribution in [0.1, 0.15) is 38.4 Å². The van der Waals surface area contributed by atoms with Crippen molar-refractivity contribution >= 4 is 17.2 Å². The number of thiophene rings is 1. The highest BCUT2D eigenvalue weighted by Gasteiger charge is 2.71. The molecule has 0 bridgehead atoms. The molecule has 2 heterocycles. The summed E-state index contributed by atoms with van der Waals surface area (Å²) in [5, 5.41) is 6.71. The second-order valence-corrected chi connectivity index (χ2v) is 6.87. The highest BCUT2D eigenvalue weighted by Crippen LogP contribution is 2.57. The fraction of sp³-hybridized carbons (Fsp3) is 0.643. The molecule has 1 saturated heterocycles. The molecule has 2 unspecified atom stereocenters. The molecule has 2 fully saturated rings. The first kappa shape index (κ1) is 14.8. The number of amides is 1. The van der Waals surface area contributed by atoms with Crippen LogP contribution in [0.2, 0.25) is 0 Å². The molecule has 0 radical (unpaired) electrons. The maximum atomic E-state index is 13.4. The lowest BCUT2D eigenvalue weighted by Crippen LogP contribution is -2.51. The maximum Gasteiger partial charge on any atom is 0.411 e. The van der Waals surface area contributed by atoms with Crippen LogP contribution in [0.3, 0.4) is 0 Å². The van der Waals surface area contributed by atoms with Gasteiger partial charge in [-0.05, 0) is 41.1 Å². The lowest BCUT2D eigenvalue weighted by Gasteiger charge is -2.34. The lowest BCUT2D eigenvalue weighted by atomic mass is 10.0. The topological polar surface area (TPSA) is 32.3 Å². The molecule has 21 heavy (non-hydrogen) atoms. The average molecular weight is 318 g/mol. The van der Waals surface area contributed by atoms with E-state index in [1.54, 1.807) is 11.4 Å². The van der Waals surface area contributed by atoms with E-state index in [0.717, 1.165) is 10.5 Å². The van der Waals surface area contributed by atoms with E-state index < -0.39 is 29.8 Å². The van der Waals surface area contributed by atoms with Crippen molar-refractivity contribution in [2.45, 2.75) is 50.6 Å². The first-order chi connectivity index (χ1) is 9.78. The van der Waals surface area contributed by atoms with Crippen LogP contribution in [0, 0.1) is 5.92 Å². The first-order valence-corrected chi connectivity index (χ1v) is 7.90. The summed E-state index contributed by atoms with van der Waals surface area (Å²) in [5.41, 5.74) is -1.25. The van der Waals surface area contributed by atoms with Crippen LogP contribution in [-0.2, 0) is 4.79 Å². The third-order valence-electron chi connectivity index (χ3n) is 4.34. The van der Waals surface area contributed by atoms with Crippen molar-refractivity contribution in [3.05, 3.63) is 22.4 Å². The standard InChI is InChI=1S/C14H17F3N2OS/c1-8(2)10-12(20)19(13(4-5-13)14(15,16)17)11(18-10)9-3-6-21-7-9/h3,6-8,10-11,18H,4-5H2,1-2H3. The minimum atomic E-state index is -4.38. The molecular formula is C14H17F3N2OS. The van der Waals surface area contributed by atoms with Crippen LogP contribution >= 0.6 is 11.3 Å². The second kappa shape index (κ2) is 4.71. The van der Waals surface area contributed by atoms with E-state index in [1.165, 1.54) is 11.3 Å². The predicted octanol–water partition coefficient (Wildman–Crippen LogP) is 3.30. The van der Waals surface area contributed by atoms with Gasteiger partial charge in [0.15, 0.2) is 0 Å². The molecule has 1 aliphatic heterocycles. The molecule has 2 aliphatic rings. The Kier molecular flexibility index (Phi) is 3.33. The normalized spacial score (nSPS) is 28.5. The third kappa shape index (κ3) is 2.17. The molecule has 1 aromatic rings. The SMILES string of the molecule is CC(C)C1NC(c2ccsc2)N(C2(C(F)(F)F)CC2)C1=O. The summed E-state index contributed by atoms with van der Waals surface area (Å²) in [4.78, 5) is 13.6. The maximum absolute atomic E-state index is 13.4. The molecule has 2 atom stereocenters. The molecule has 7 heteroatoms. The summed E-state index contributed by atoms with van der Waals surface area (Å²) >= 11 is 1.42. The monoisotopic (exact) mass is 318 g/mol. The zero-order chi connectivity index (χ0) is 15.4. The Hall–Kier alpha value is -1.08. The number of nitrogens with one attached hydrogen (secondary N) is 1. The molecule has 1 amide bonds. The number of carbonyl (C=O) groups excluding carboxylic acids is 1. The van der Waals surface area contributed by atoms with Gasteiger partial charge in [0, 0.05) is 0 Å². The van der Waals surface area contributed by atoms with E-state index in [1.807, 2.05) is 19.2 Å². The van der Waals surface area contributed by atoms with Crippen molar-refractivity contribution in [1.82, 2.24) is 10.2 Å². The zero-order valence-corrected chi connectivity index (χ0v) is 12.6. The van der Waals surface area contributed by atoms with Crippen molar-refractivity contribution < 1.29 is 18.0 Å². The molecule has 3 nitrogen and oxygen atoms in total. The number of nitrogens with zero attached hydrogens (tertiary/aromatic N) is 1. The molecular weight excluding hydrogens is 301 g/mol. The van der Waals surface area contributed by atoms with Gasteiger partial charge < -0.3 is 4.90 Å². The van der Waals surface area contributed by atoms with Crippen molar-refractivity contribution in [3.63, 3.8) is 0 Å². The van der Waals surface area contributed by atoms with Crippen LogP contribution in [0.25, 0.3) is 0 Å². The van der Waals surface area contributed by atoms with Gasteiger partial charge in [-0.25, -0.2) is 0 Å². The van der Waals surface area contributed by atoms with Crippen LogP contribution in [0.15, 0.2) is 16.8 Å².